The van der Waals surface area contributed by atoms with Gasteiger partial charge in [0.15, 0.2) is 6.23 Å². The zero-order valence-corrected chi connectivity index (χ0v) is 9.49. The van der Waals surface area contributed by atoms with E-state index in [4.69, 9.17) is 4.74 Å². The molecule has 2 aromatic heterocycles. The van der Waals surface area contributed by atoms with Gasteiger partial charge in [-0.3, -0.25) is 4.98 Å². The first kappa shape index (κ1) is 10.4. The van der Waals surface area contributed by atoms with Crippen LogP contribution in [0.1, 0.15) is 25.5 Å². The molecule has 1 aliphatic rings. The molecule has 5 nitrogen and oxygen atoms in total. The van der Waals surface area contributed by atoms with Crippen LogP contribution >= 0.6 is 0 Å². The summed E-state index contributed by atoms with van der Waals surface area (Å²) < 4.78 is 5.63. The molecule has 1 fully saturated rings. The van der Waals surface area contributed by atoms with Crippen LogP contribution in [0.5, 0.6) is 0 Å². The predicted molar refractivity (Wildman–Crippen MR) is 62.1 cm³/mol. The van der Waals surface area contributed by atoms with Crippen molar-refractivity contribution in [3.05, 3.63) is 30.6 Å². The number of hydrogen-bond donors (Lipinski definition) is 0. The quantitative estimate of drug-likeness (QED) is 0.792. The van der Waals surface area contributed by atoms with Gasteiger partial charge in [-0.2, -0.15) is 9.90 Å². The molecule has 0 spiro atoms. The number of hydrogen-bond acceptors (Lipinski definition) is 4. The van der Waals surface area contributed by atoms with Crippen molar-refractivity contribution < 1.29 is 4.74 Å². The lowest BCUT2D eigenvalue weighted by molar-refractivity contribution is -0.0479. The first-order chi connectivity index (χ1) is 8.43. The van der Waals surface area contributed by atoms with Crippen molar-refractivity contribution in [2.45, 2.75) is 25.5 Å². The van der Waals surface area contributed by atoms with Crippen molar-refractivity contribution in [1.82, 2.24) is 20.0 Å². The molecule has 0 aromatic carbocycles. The van der Waals surface area contributed by atoms with Crippen molar-refractivity contribution in [1.29, 1.82) is 0 Å². The minimum atomic E-state index is -0.0128. The Kier molecular flexibility index (Phi) is 2.83. The summed E-state index contributed by atoms with van der Waals surface area (Å²) in [4.78, 5) is 5.91. The van der Waals surface area contributed by atoms with Crippen LogP contribution in [0, 0.1) is 0 Å². The molecule has 1 saturated heterocycles. The largest absolute Gasteiger partial charge is 0.355 e. The van der Waals surface area contributed by atoms with E-state index in [1.165, 1.54) is 6.42 Å². The van der Waals surface area contributed by atoms with Gasteiger partial charge in [0.1, 0.15) is 5.69 Å². The molecule has 3 rings (SSSR count). The second-order valence-electron chi connectivity index (χ2n) is 4.09. The van der Waals surface area contributed by atoms with Crippen molar-refractivity contribution >= 4 is 0 Å². The summed E-state index contributed by atoms with van der Waals surface area (Å²) in [7, 11) is 0. The van der Waals surface area contributed by atoms with E-state index in [0.717, 1.165) is 30.8 Å². The van der Waals surface area contributed by atoms with E-state index in [1.807, 2.05) is 18.2 Å². The molecule has 0 bridgehead atoms. The smallest absolute Gasteiger partial charge is 0.169 e. The van der Waals surface area contributed by atoms with E-state index in [1.54, 1.807) is 17.2 Å². The summed E-state index contributed by atoms with van der Waals surface area (Å²) in [5, 5.41) is 8.68. The van der Waals surface area contributed by atoms with Gasteiger partial charge in [0, 0.05) is 12.8 Å². The maximum Gasteiger partial charge on any atom is 0.169 e. The van der Waals surface area contributed by atoms with E-state index in [9.17, 15) is 0 Å². The van der Waals surface area contributed by atoms with Gasteiger partial charge in [0.05, 0.1) is 11.9 Å². The number of pyridine rings is 1. The molecule has 88 valence electrons. The summed E-state index contributed by atoms with van der Waals surface area (Å²) in [5.41, 5.74) is 1.63. The molecule has 5 heteroatoms. The Morgan fingerprint density at radius 1 is 1.24 bits per heavy atom. The minimum absolute atomic E-state index is 0.0128. The highest BCUT2D eigenvalue weighted by Crippen LogP contribution is 2.22. The SMILES string of the molecule is c1ccc(-c2cnn(C3CCCCO3)n2)nc1. The Balaban J connectivity index is 1.83. The van der Waals surface area contributed by atoms with Gasteiger partial charge < -0.3 is 4.74 Å². The lowest BCUT2D eigenvalue weighted by Gasteiger charge is -2.21. The zero-order valence-electron chi connectivity index (χ0n) is 9.49. The fourth-order valence-corrected chi connectivity index (χ4v) is 1.95. The Bertz CT molecular complexity index is 476. The van der Waals surface area contributed by atoms with Gasteiger partial charge in [0.25, 0.3) is 0 Å². The van der Waals surface area contributed by atoms with Crippen molar-refractivity contribution in [3.8, 4) is 11.4 Å². The molecule has 0 N–H and O–H groups in total. The third-order valence-electron chi connectivity index (χ3n) is 2.85. The van der Waals surface area contributed by atoms with Crippen LogP contribution in [0.4, 0.5) is 0 Å². The average Bonchev–Trinajstić information content (AvgIpc) is 2.90. The summed E-state index contributed by atoms with van der Waals surface area (Å²) in [6.07, 6.45) is 6.76. The number of rotatable bonds is 2. The highest BCUT2D eigenvalue weighted by Gasteiger charge is 2.18. The normalized spacial score (nSPS) is 20.4. The Morgan fingerprint density at radius 3 is 3.00 bits per heavy atom. The molecule has 0 amide bonds. The molecule has 0 aliphatic carbocycles. The molecule has 1 aliphatic heterocycles. The minimum Gasteiger partial charge on any atom is -0.355 e. The number of aromatic nitrogens is 4. The van der Waals surface area contributed by atoms with E-state index >= 15 is 0 Å². The van der Waals surface area contributed by atoms with E-state index in [0.29, 0.717) is 0 Å². The third-order valence-corrected chi connectivity index (χ3v) is 2.85. The lowest BCUT2D eigenvalue weighted by Crippen LogP contribution is -2.20. The highest BCUT2D eigenvalue weighted by atomic mass is 16.5. The van der Waals surface area contributed by atoms with Gasteiger partial charge >= 0.3 is 0 Å². The van der Waals surface area contributed by atoms with Crippen LogP contribution < -0.4 is 0 Å². The zero-order chi connectivity index (χ0) is 11.5. The van der Waals surface area contributed by atoms with Gasteiger partial charge in [-0.25, -0.2) is 0 Å². The Morgan fingerprint density at radius 2 is 2.24 bits per heavy atom. The second kappa shape index (κ2) is 4.63. The van der Waals surface area contributed by atoms with Crippen LogP contribution in [0.3, 0.4) is 0 Å². The summed E-state index contributed by atoms with van der Waals surface area (Å²) in [6, 6.07) is 5.76. The summed E-state index contributed by atoms with van der Waals surface area (Å²) >= 11 is 0. The summed E-state index contributed by atoms with van der Waals surface area (Å²) in [5.74, 6) is 0. The molecular weight excluding hydrogens is 216 g/mol. The molecular formula is C12H14N4O. The first-order valence-corrected chi connectivity index (χ1v) is 5.88. The van der Waals surface area contributed by atoms with E-state index in [2.05, 4.69) is 15.2 Å². The van der Waals surface area contributed by atoms with E-state index < -0.39 is 0 Å². The fourth-order valence-electron chi connectivity index (χ4n) is 1.95. The topological polar surface area (TPSA) is 52.8 Å². The fraction of sp³-hybridized carbons (Fsp3) is 0.417. The van der Waals surface area contributed by atoms with Crippen LogP contribution in [-0.4, -0.2) is 26.6 Å². The van der Waals surface area contributed by atoms with Gasteiger partial charge in [0.2, 0.25) is 0 Å². The lowest BCUT2D eigenvalue weighted by atomic mass is 10.2. The van der Waals surface area contributed by atoms with Crippen molar-refractivity contribution in [2.75, 3.05) is 6.61 Å². The van der Waals surface area contributed by atoms with Crippen LogP contribution in [0.15, 0.2) is 30.6 Å². The van der Waals surface area contributed by atoms with Gasteiger partial charge in [-0.05, 0) is 31.4 Å². The van der Waals surface area contributed by atoms with E-state index in [-0.39, 0.29) is 6.23 Å². The highest BCUT2D eigenvalue weighted by molar-refractivity contribution is 5.51. The van der Waals surface area contributed by atoms with Crippen LogP contribution in [-0.2, 0) is 4.74 Å². The molecule has 0 radical (unpaired) electrons. The Labute approximate surface area is 99.4 Å². The molecule has 0 saturated carbocycles. The van der Waals surface area contributed by atoms with Crippen LogP contribution in [0.2, 0.25) is 0 Å². The first-order valence-electron chi connectivity index (χ1n) is 5.88. The van der Waals surface area contributed by atoms with Gasteiger partial charge in [-0.15, -0.1) is 5.10 Å². The second-order valence-corrected chi connectivity index (χ2v) is 4.09. The third kappa shape index (κ3) is 2.19. The number of nitrogens with zero attached hydrogens (tertiary/aromatic N) is 4. The molecule has 3 heterocycles. The van der Waals surface area contributed by atoms with Gasteiger partial charge in [-0.1, -0.05) is 6.07 Å². The maximum atomic E-state index is 5.63. The van der Waals surface area contributed by atoms with Crippen molar-refractivity contribution in [3.63, 3.8) is 0 Å². The monoisotopic (exact) mass is 230 g/mol. The molecule has 1 unspecified atom stereocenters. The predicted octanol–water partition coefficient (Wildman–Crippen LogP) is 2.04. The maximum absolute atomic E-state index is 5.63. The number of ether oxygens (including phenoxy) is 1. The summed E-state index contributed by atoms with van der Waals surface area (Å²) in [6.45, 7) is 0.797. The molecule has 2 aromatic rings. The standard InChI is InChI=1S/C12H14N4O/c1-3-7-13-10(5-1)11-9-14-16(15-11)12-6-2-4-8-17-12/h1,3,5,7,9,12H,2,4,6,8H2. The Hall–Kier alpha value is -1.75. The molecule has 17 heavy (non-hydrogen) atoms. The molecule has 1 atom stereocenters. The van der Waals surface area contributed by atoms with Crippen LogP contribution in [0.25, 0.3) is 11.4 Å². The average molecular weight is 230 g/mol. The van der Waals surface area contributed by atoms with Crippen molar-refractivity contribution in [2.24, 2.45) is 0 Å².